The van der Waals surface area contributed by atoms with E-state index in [9.17, 15) is 0 Å². The van der Waals surface area contributed by atoms with Crippen molar-refractivity contribution in [2.75, 3.05) is 7.11 Å². The van der Waals surface area contributed by atoms with Crippen LogP contribution in [0.3, 0.4) is 0 Å². The number of unbranched alkanes of at least 4 members (excludes halogenated alkanes) is 2. The number of allylic oxidation sites excluding steroid dienone is 1. The Morgan fingerprint density at radius 3 is 2.93 bits per heavy atom. The smallest absolute Gasteiger partial charge is 0.119 e. The Morgan fingerprint density at radius 1 is 1.36 bits per heavy atom. The Labute approximate surface area is 86.4 Å². The normalized spacial score (nSPS) is 9.79. The van der Waals surface area contributed by atoms with Crippen LogP contribution >= 0.6 is 0 Å². The zero-order valence-electron chi connectivity index (χ0n) is 8.70. The minimum atomic E-state index is 0.919. The maximum atomic E-state index is 5.15. The SMILES string of the molecule is C=CCCC[CH]c1cccc(OC)c1. The van der Waals surface area contributed by atoms with Gasteiger partial charge in [0.1, 0.15) is 5.75 Å². The Bertz CT molecular complexity index is 278. The summed E-state index contributed by atoms with van der Waals surface area (Å²) in [6.07, 6.45) is 7.53. The average Bonchev–Trinajstić information content (AvgIpc) is 2.25. The van der Waals surface area contributed by atoms with Crippen molar-refractivity contribution >= 4 is 0 Å². The molecule has 0 amide bonds. The molecule has 1 rings (SSSR count). The topological polar surface area (TPSA) is 9.23 Å². The molecule has 1 radical (unpaired) electrons. The lowest BCUT2D eigenvalue weighted by Crippen LogP contribution is -1.86. The first kappa shape index (κ1) is 10.8. The standard InChI is InChI=1S/C13H17O/c1-3-4-5-6-8-12-9-7-10-13(11-12)14-2/h3,7-11H,1,4-6H2,2H3. The maximum Gasteiger partial charge on any atom is 0.119 e. The first-order chi connectivity index (χ1) is 6.86. The quantitative estimate of drug-likeness (QED) is 0.490. The van der Waals surface area contributed by atoms with Crippen molar-refractivity contribution in [2.24, 2.45) is 0 Å². The predicted molar refractivity (Wildman–Crippen MR) is 60.4 cm³/mol. The highest BCUT2D eigenvalue weighted by Gasteiger charge is 1.95. The molecule has 0 saturated heterocycles. The zero-order chi connectivity index (χ0) is 10.2. The van der Waals surface area contributed by atoms with Crippen molar-refractivity contribution in [3.63, 3.8) is 0 Å². The van der Waals surface area contributed by atoms with Gasteiger partial charge in [-0.1, -0.05) is 18.2 Å². The largest absolute Gasteiger partial charge is 0.497 e. The van der Waals surface area contributed by atoms with Gasteiger partial charge in [0.15, 0.2) is 0 Å². The van der Waals surface area contributed by atoms with Crippen molar-refractivity contribution in [1.29, 1.82) is 0 Å². The van der Waals surface area contributed by atoms with Crippen LogP contribution in [0.5, 0.6) is 5.75 Å². The third-order valence-electron chi connectivity index (χ3n) is 2.09. The number of hydrogen-bond donors (Lipinski definition) is 0. The molecule has 1 heteroatoms. The first-order valence-electron chi connectivity index (χ1n) is 4.95. The summed E-state index contributed by atoms with van der Waals surface area (Å²) in [6, 6.07) is 8.11. The van der Waals surface area contributed by atoms with Crippen molar-refractivity contribution < 1.29 is 4.74 Å². The molecule has 0 heterocycles. The van der Waals surface area contributed by atoms with Crippen molar-refractivity contribution in [3.8, 4) is 5.75 Å². The van der Waals surface area contributed by atoms with E-state index in [1.165, 1.54) is 12.0 Å². The molecule has 1 nitrogen and oxygen atoms in total. The summed E-state index contributed by atoms with van der Waals surface area (Å²) < 4.78 is 5.15. The van der Waals surface area contributed by atoms with Gasteiger partial charge in [0.05, 0.1) is 7.11 Å². The molecule has 0 aliphatic rings. The molecule has 0 bridgehead atoms. The second kappa shape index (κ2) is 6.25. The molecule has 0 aromatic heterocycles. The van der Waals surface area contributed by atoms with Crippen LogP contribution in [0.15, 0.2) is 36.9 Å². The molecule has 0 saturated carbocycles. The van der Waals surface area contributed by atoms with Crippen molar-refractivity contribution in [1.82, 2.24) is 0 Å². The Balaban J connectivity index is 2.38. The maximum absolute atomic E-state index is 5.15. The van der Waals surface area contributed by atoms with E-state index in [1.54, 1.807) is 7.11 Å². The summed E-state index contributed by atoms with van der Waals surface area (Å²) in [4.78, 5) is 0. The molecule has 0 spiro atoms. The third-order valence-corrected chi connectivity index (χ3v) is 2.09. The lowest BCUT2D eigenvalue weighted by atomic mass is 10.1. The lowest BCUT2D eigenvalue weighted by molar-refractivity contribution is 0.414. The molecular formula is C13H17O. The van der Waals surface area contributed by atoms with Crippen LogP contribution in [0.1, 0.15) is 24.8 Å². The molecular weight excluding hydrogens is 172 g/mol. The molecule has 75 valence electrons. The van der Waals surface area contributed by atoms with E-state index in [1.807, 2.05) is 24.3 Å². The number of hydrogen-bond acceptors (Lipinski definition) is 1. The fourth-order valence-corrected chi connectivity index (χ4v) is 1.30. The molecule has 0 N–H and O–H groups in total. The molecule has 0 unspecified atom stereocenters. The summed E-state index contributed by atoms with van der Waals surface area (Å²) in [5, 5.41) is 0. The van der Waals surface area contributed by atoms with Crippen molar-refractivity contribution in [3.05, 3.63) is 48.9 Å². The van der Waals surface area contributed by atoms with Crippen LogP contribution in [0.25, 0.3) is 0 Å². The Morgan fingerprint density at radius 2 is 2.21 bits per heavy atom. The minimum Gasteiger partial charge on any atom is -0.497 e. The highest BCUT2D eigenvalue weighted by atomic mass is 16.5. The van der Waals surface area contributed by atoms with E-state index in [0.717, 1.165) is 18.6 Å². The van der Waals surface area contributed by atoms with Gasteiger partial charge in [-0.3, -0.25) is 0 Å². The van der Waals surface area contributed by atoms with E-state index in [2.05, 4.69) is 19.1 Å². The van der Waals surface area contributed by atoms with E-state index in [0.29, 0.717) is 0 Å². The summed E-state index contributed by atoms with van der Waals surface area (Å²) in [7, 11) is 1.69. The van der Waals surface area contributed by atoms with Crippen molar-refractivity contribution in [2.45, 2.75) is 19.3 Å². The van der Waals surface area contributed by atoms with Crippen LogP contribution in [0.4, 0.5) is 0 Å². The van der Waals surface area contributed by atoms with Gasteiger partial charge in [-0.05, 0) is 43.4 Å². The van der Waals surface area contributed by atoms with Crippen LogP contribution in [-0.2, 0) is 0 Å². The molecule has 0 fully saturated rings. The van der Waals surface area contributed by atoms with Gasteiger partial charge in [-0.2, -0.15) is 0 Å². The monoisotopic (exact) mass is 189 g/mol. The number of rotatable bonds is 6. The number of ether oxygens (including phenoxy) is 1. The second-order valence-electron chi connectivity index (χ2n) is 3.20. The fourth-order valence-electron chi connectivity index (χ4n) is 1.30. The average molecular weight is 189 g/mol. The van der Waals surface area contributed by atoms with E-state index >= 15 is 0 Å². The lowest BCUT2D eigenvalue weighted by Gasteiger charge is -2.03. The highest BCUT2D eigenvalue weighted by Crippen LogP contribution is 2.16. The van der Waals surface area contributed by atoms with Gasteiger partial charge in [0, 0.05) is 0 Å². The number of benzene rings is 1. The van der Waals surface area contributed by atoms with Gasteiger partial charge in [0.2, 0.25) is 0 Å². The summed E-state index contributed by atoms with van der Waals surface area (Å²) in [5.41, 5.74) is 1.23. The van der Waals surface area contributed by atoms with Gasteiger partial charge < -0.3 is 4.74 Å². The predicted octanol–water partition coefficient (Wildman–Crippen LogP) is 3.60. The Hall–Kier alpha value is -1.24. The molecule has 0 aliphatic heterocycles. The highest BCUT2D eigenvalue weighted by molar-refractivity contribution is 5.32. The van der Waals surface area contributed by atoms with Crippen LogP contribution in [0, 0.1) is 6.42 Å². The van der Waals surface area contributed by atoms with Crippen LogP contribution in [-0.4, -0.2) is 7.11 Å². The molecule has 14 heavy (non-hydrogen) atoms. The van der Waals surface area contributed by atoms with E-state index in [4.69, 9.17) is 4.74 Å². The summed E-state index contributed by atoms with van der Waals surface area (Å²) >= 11 is 0. The van der Waals surface area contributed by atoms with Gasteiger partial charge in [-0.15, -0.1) is 6.58 Å². The van der Waals surface area contributed by atoms with Gasteiger partial charge in [0.25, 0.3) is 0 Å². The summed E-state index contributed by atoms with van der Waals surface area (Å²) in [6.45, 7) is 3.70. The van der Waals surface area contributed by atoms with Gasteiger partial charge in [-0.25, -0.2) is 0 Å². The van der Waals surface area contributed by atoms with Crippen LogP contribution < -0.4 is 4.74 Å². The van der Waals surface area contributed by atoms with E-state index in [-0.39, 0.29) is 0 Å². The summed E-state index contributed by atoms with van der Waals surface area (Å²) in [5.74, 6) is 0.919. The van der Waals surface area contributed by atoms with E-state index < -0.39 is 0 Å². The zero-order valence-corrected chi connectivity index (χ0v) is 8.70. The fraction of sp³-hybridized carbons (Fsp3) is 0.308. The minimum absolute atomic E-state index is 0.919. The molecule has 1 aromatic rings. The molecule has 1 aromatic carbocycles. The van der Waals surface area contributed by atoms with Crippen LogP contribution in [0.2, 0.25) is 0 Å². The Kier molecular flexibility index (Phi) is 4.84. The third kappa shape index (κ3) is 3.65. The number of methoxy groups -OCH3 is 1. The molecule has 0 aliphatic carbocycles. The van der Waals surface area contributed by atoms with Gasteiger partial charge >= 0.3 is 0 Å². The molecule has 0 atom stereocenters. The second-order valence-corrected chi connectivity index (χ2v) is 3.20. The first-order valence-corrected chi connectivity index (χ1v) is 4.95.